The van der Waals surface area contributed by atoms with Gasteiger partial charge in [-0.3, -0.25) is 0 Å². The van der Waals surface area contributed by atoms with Crippen LogP contribution in [0.5, 0.6) is 0 Å². The molecule has 106 valence electrons. The minimum absolute atomic E-state index is 0.0125. The third-order valence-corrected chi connectivity index (χ3v) is 4.93. The second-order valence-corrected chi connectivity index (χ2v) is 8.00. The number of nitrogens with one attached hydrogen (secondary N) is 1. The van der Waals surface area contributed by atoms with Gasteiger partial charge in [0.25, 0.3) is 0 Å². The van der Waals surface area contributed by atoms with Crippen molar-refractivity contribution in [2.75, 3.05) is 12.0 Å². The van der Waals surface area contributed by atoms with Crippen LogP contribution in [0.15, 0.2) is 24.3 Å². The molecule has 1 aromatic rings. The molecule has 0 saturated carbocycles. The molecule has 0 saturated heterocycles. The molecule has 0 bridgehead atoms. The van der Waals surface area contributed by atoms with Gasteiger partial charge in [0.15, 0.2) is 0 Å². The number of hydrogen-bond donors (Lipinski definition) is 1. The summed E-state index contributed by atoms with van der Waals surface area (Å²) in [5.74, 6) is 0.792. The smallest absolute Gasteiger partial charge is 0.148 e. The molecular weight excluding hydrogens is 258 g/mol. The van der Waals surface area contributed by atoms with E-state index in [4.69, 9.17) is 0 Å². The van der Waals surface area contributed by atoms with Gasteiger partial charge in [0, 0.05) is 18.3 Å². The van der Waals surface area contributed by atoms with Crippen molar-refractivity contribution in [3.05, 3.63) is 35.4 Å². The van der Waals surface area contributed by atoms with Crippen LogP contribution in [0.1, 0.15) is 49.8 Å². The van der Waals surface area contributed by atoms with E-state index in [0.717, 1.165) is 12.8 Å². The van der Waals surface area contributed by atoms with Gasteiger partial charge >= 0.3 is 0 Å². The summed E-state index contributed by atoms with van der Waals surface area (Å²) in [6.07, 6.45) is 3.52. The van der Waals surface area contributed by atoms with Crippen LogP contribution in [-0.4, -0.2) is 26.5 Å². The third kappa shape index (κ3) is 3.80. The molecule has 0 radical (unpaired) electrons. The van der Waals surface area contributed by atoms with Gasteiger partial charge in [0.1, 0.15) is 9.84 Å². The zero-order chi connectivity index (χ0) is 14.0. The summed E-state index contributed by atoms with van der Waals surface area (Å²) in [5.41, 5.74) is 2.74. The maximum Gasteiger partial charge on any atom is 0.148 e. The Morgan fingerprint density at radius 1 is 1.26 bits per heavy atom. The van der Waals surface area contributed by atoms with Crippen molar-refractivity contribution in [1.29, 1.82) is 0 Å². The number of fused-ring (bicyclic) bond motifs is 1. The van der Waals surface area contributed by atoms with E-state index in [1.54, 1.807) is 0 Å². The van der Waals surface area contributed by atoms with Gasteiger partial charge in [0.2, 0.25) is 0 Å². The molecule has 4 heteroatoms. The molecule has 3 unspecified atom stereocenters. The number of sulfone groups is 1. The van der Waals surface area contributed by atoms with Crippen molar-refractivity contribution >= 4 is 9.84 Å². The highest BCUT2D eigenvalue weighted by atomic mass is 32.2. The molecule has 3 atom stereocenters. The third-order valence-electron chi connectivity index (χ3n) is 3.83. The normalized spacial score (nSPS) is 24.8. The Kier molecular flexibility index (Phi) is 4.31. The van der Waals surface area contributed by atoms with E-state index in [0.29, 0.717) is 5.92 Å². The summed E-state index contributed by atoms with van der Waals surface area (Å²) in [4.78, 5) is 0. The van der Waals surface area contributed by atoms with Crippen LogP contribution in [0.25, 0.3) is 0 Å². The standard InChI is InChI=1S/C15H23NO2S/c1-11-8-9-15(14-7-5-4-6-13(11)14)16-12(2)10-19(3,17)18/h4-7,11-12,15-16H,8-10H2,1-3H3. The highest BCUT2D eigenvalue weighted by Gasteiger charge is 2.25. The average molecular weight is 281 g/mol. The van der Waals surface area contributed by atoms with Gasteiger partial charge in [-0.05, 0) is 36.8 Å². The van der Waals surface area contributed by atoms with Crippen LogP contribution >= 0.6 is 0 Å². The van der Waals surface area contributed by atoms with Gasteiger partial charge in [-0.2, -0.15) is 0 Å². The van der Waals surface area contributed by atoms with E-state index in [9.17, 15) is 8.42 Å². The van der Waals surface area contributed by atoms with Crippen molar-refractivity contribution in [2.45, 2.75) is 44.7 Å². The lowest BCUT2D eigenvalue weighted by molar-refractivity contribution is 0.402. The molecule has 0 spiro atoms. The summed E-state index contributed by atoms with van der Waals surface area (Å²) in [6.45, 7) is 4.21. The van der Waals surface area contributed by atoms with E-state index in [1.807, 2.05) is 6.92 Å². The molecule has 1 aliphatic rings. The van der Waals surface area contributed by atoms with E-state index >= 15 is 0 Å². The van der Waals surface area contributed by atoms with Crippen molar-refractivity contribution in [2.24, 2.45) is 0 Å². The van der Waals surface area contributed by atoms with Gasteiger partial charge < -0.3 is 5.32 Å². The maximum atomic E-state index is 11.3. The molecule has 0 amide bonds. The largest absolute Gasteiger partial charge is 0.306 e. The van der Waals surface area contributed by atoms with Crippen LogP contribution in [0, 0.1) is 0 Å². The van der Waals surface area contributed by atoms with Crippen molar-refractivity contribution in [1.82, 2.24) is 5.32 Å². The minimum atomic E-state index is -2.92. The summed E-state index contributed by atoms with van der Waals surface area (Å²) in [6, 6.07) is 8.76. The second kappa shape index (κ2) is 5.63. The van der Waals surface area contributed by atoms with Crippen molar-refractivity contribution in [3.8, 4) is 0 Å². The van der Waals surface area contributed by atoms with Crippen LogP contribution in [0.4, 0.5) is 0 Å². The molecule has 0 aromatic heterocycles. The Balaban J connectivity index is 2.12. The van der Waals surface area contributed by atoms with Gasteiger partial charge in [-0.15, -0.1) is 0 Å². The molecule has 1 N–H and O–H groups in total. The fraction of sp³-hybridized carbons (Fsp3) is 0.600. The number of rotatable bonds is 4. The van der Waals surface area contributed by atoms with E-state index in [1.165, 1.54) is 17.4 Å². The summed E-state index contributed by atoms with van der Waals surface area (Å²) >= 11 is 0. The highest BCUT2D eigenvalue weighted by Crippen LogP contribution is 2.37. The Bertz CT molecular complexity index is 539. The SMILES string of the molecule is CC(CS(C)(=O)=O)NC1CCC(C)c2ccccc21. The molecule has 3 nitrogen and oxygen atoms in total. The zero-order valence-electron chi connectivity index (χ0n) is 11.9. The lowest BCUT2D eigenvalue weighted by Crippen LogP contribution is -2.37. The first-order valence-corrected chi connectivity index (χ1v) is 8.95. The lowest BCUT2D eigenvalue weighted by atomic mass is 9.81. The molecule has 1 aromatic carbocycles. The minimum Gasteiger partial charge on any atom is -0.306 e. The van der Waals surface area contributed by atoms with E-state index < -0.39 is 9.84 Å². The van der Waals surface area contributed by atoms with Gasteiger partial charge in [-0.25, -0.2) is 8.42 Å². The Morgan fingerprint density at radius 2 is 1.89 bits per heavy atom. The molecule has 19 heavy (non-hydrogen) atoms. The zero-order valence-corrected chi connectivity index (χ0v) is 12.7. The molecular formula is C15H23NO2S. The predicted molar refractivity (Wildman–Crippen MR) is 79.1 cm³/mol. The van der Waals surface area contributed by atoms with Gasteiger partial charge in [0.05, 0.1) is 5.75 Å². The average Bonchev–Trinajstić information content (AvgIpc) is 2.31. The van der Waals surface area contributed by atoms with E-state index in [2.05, 4.69) is 36.5 Å². The fourth-order valence-electron chi connectivity index (χ4n) is 3.02. The molecule has 1 aliphatic carbocycles. The predicted octanol–water partition coefficient (Wildman–Crippen LogP) is 2.65. The van der Waals surface area contributed by atoms with Crippen molar-refractivity contribution < 1.29 is 8.42 Å². The number of hydrogen-bond acceptors (Lipinski definition) is 3. The summed E-state index contributed by atoms with van der Waals surface area (Å²) < 4.78 is 22.7. The van der Waals surface area contributed by atoms with E-state index in [-0.39, 0.29) is 17.8 Å². The van der Waals surface area contributed by atoms with Crippen LogP contribution in [-0.2, 0) is 9.84 Å². The topological polar surface area (TPSA) is 46.2 Å². The monoisotopic (exact) mass is 281 g/mol. The Hall–Kier alpha value is -0.870. The Labute approximate surface area is 116 Å². The van der Waals surface area contributed by atoms with Crippen LogP contribution < -0.4 is 5.32 Å². The maximum absolute atomic E-state index is 11.3. The molecule has 0 fully saturated rings. The quantitative estimate of drug-likeness (QED) is 0.923. The fourth-order valence-corrected chi connectivity index (χ4v) is 4.03. The molecule has 0 heterocycles. The molecule has 0 aliphatic heterocycles. The first-order valence-electron chi connectivity index (χ1n) is 6.89. The van der Waals surface area contributed by atoms with Crippen molar-refractivity contribution in [3.63, 3.8) is 0 Å². The lowest BCUT2D eigenvalue weighted by Gasteiger charge is -2.32. The van der Waals surface area contributed by atoms with Crippen LogP contribution in [0.3, 0.4) is 0 Å². The first-order chi connectivity index (χ1) is 8.87. The van der Waals surface area contributed by atoms with Gasteiger partial charge in [-0.1, -0.05) is 31.2 Å². The highest BCUT2D eigenvalue weighted by molar-refractivity contribution is 7.90. The second-order valence-electron chi connectivity index (χ2n) is 5.82. The van der Waals surface area contributed by atoms with Crippen LogP contribution in [0.2, 0.25) is 0 Å². The number of benzene rings is 1. The molecule has 2 rings (SSSR count). The summed E-state index contributed by atoms with van der Waals surface area (Å²) in [7, 11) is -2.92. The summed E-state index contributed by atoms with van der Waals surface area (Å²) in [5, 5.41) is 3.47. The Morgan fingerprint density at radius 3 is 2.53 bits per heavy atom. The first kappa shape index (κ1) is 14.5.